The van der Waals surface area contributed by atoms with E-state index in [1.807, 2.05) is 43.3 Å². The van der Waals surface area contributed by atoms with Crippen molar-refractivity contribution in [2.45, 2.75) is 19.3 Å². The van der Waals surface area contributed by atoms with Crippen LogP contribution >= 0.6 is 113 Å². The van der Waals surface area contributed by atoms with Crippen LogP contribution in [0.15, 0.2) is 36.4 Å². The Balaban J connectivity index is 2.42. The summed E-state index contributed by atoms with van der Waals surface area (Å²) in [5.41, 5.74) is 3.35. The lowest BCUT2D eigenvalue weighted by Crippen LogP contribution is -2.26. The smallest absolute Gasteiger partial charge is 0.142 e. The number of benzene rings is 3. The van der Waals surface area contributed by atoms with Crippen molar-refractivity contribution in [3.63, 3.8) is 0 Å². The average Bonchev–Trinajstić information content (AvgIpc) is 2.66. The monoisotopic (exact) mass is 950 g/mol. The van der Waals surface area contributed by atoms with Crippen LogP contribution in [0.25, 0.3) is 0 Å². The van der Waals surface area contributed by atoms with Gasteiger partial charge in [-0.1, -0.05) is 6.07 Å². The maximum absolute atomic E-state index is 10.3. The number of aryl methyl sites for hydroxylation is 1. The molecule has 0 aliphatic carbocycles. The standard InChI is InChI=1S/C21H15I5O3/c1-9-3-10(4-13(22)18(9)27)21(2,11-5-14(23)19(28)15(24)6-11)12-7-16(25)20(29)17(26)8-12/h3-8,27-29H,1-2H3. The quantitative estimate of drug-likeness (QED) is 0.189. The molecule has 0 amide bonds. The fourth-order valence-corrected chi connectivity index (χ4v) is 7.53. The minimum Gasteiger partial charge on any atom is -0.507 e. The van der Waals surface area contributed by atoms with Gasteiger partial charge in [-0.05, 0) is 179 Å². The number of aromatic hydroxyl groups is 3. The number of phenols is 3. The van der Waals surface area contributed by atoms with Crippen molar-refractivity contribution in [2.75, 3.05) is 0 Å². The molecule has 0 aliphatic heterocycles. The molecule has 0 aromatic heterocycles. The van der Waals surface area contributed by atoms with Gasteiger partial charge in [0.15, 0.2) is 0 Å². The van der Waals surface area contributed by atoms with Crippen LogP contribution in [-0.2, 0) is 5.41 Å². The number of hydrogen-bond donors (Lipinski definition) is 3. The van der Waals surface area contributed by atoms with Crippen LogP contribution in [0.2, 0.25) is 0 Å². The normalized spacial score (nSPS) is 11.7. The third kappa shape index (κ3) is 4.60. The summed E-state index contributed by atoms with van der Waals surface area (Å²) < 4.78 is 3.91. The predicted octanol–water partition coefficient (Wildman–Crippen LogP) is 7.49. The van der Waals surface area contributed by atoms with Gasteiger partial charge in [0.25, 0.3) is 0 Å². The first-order valence-corrected chi connectivity index (χ1v) is 13.7. The second-order valence-corrected chi connectivity index (χ2v) is 12.6. The van der Waals surface area contributed by atoms with E-state index in [-0.39, 0.29) is 11.5 Å². The Morgan fingerprint density at radius 1 is 0.552 bits per heavy atom. The summed E-state index contributed by atoms with van der Waals surface area (Å²) in [6, 6.07) is 12.0. The fraction of sp³-hybridized carbons (Fsp3) is 0.143. The molecular weight excluding hydrogens is 935 g/mol. The molecule has 0 atom stereocenters. The maximum Gasteiger partial charge on any atom is 0.142 e. The van der Waals surface area contributed by atoms with E-state index in [1.54, 1.807) is 0 Å². The largest absolute Gasteiger partial charge is 0.507 e. The molecule has 0 unspecified atom stereocenters. The minimum absolute atomic E-state index is 0.281. The Labute approximate surface area is 237 Å². The van der Waals surface area contributed by atoms with Gasteiger partial charge < -0.3 is 15.3 Å². The van der Waals surface area contributed by atoms with E-state index in [4.69, 9.17) is 0 Å². The minimum atomic E-state index is -0.556. The van der Waals surface area contributed by atoms with Gasteiger partial charge in [0.2, 0.25) is 0 Å². The molecule has 0 saturated heterocycles. The van der Waals surface area contributed by atoms with Crippen molar-refractivity contribution in [1.29, 1.82) is 0 Å². The van der Waals surface area contributed by atoms with Gasteiger partial charge in [0, 0.05) is 5.41 Å². The van der Waals surface area contributed by atoms with Gasteiger partial charge in [-0.15, -0.1) is 0 Å². The molecule has 3 rings (SSSR count). The Hall–Kier alpha value is 0.710. The van der Waals surface area contributed by atoms with Crippen LogP contribution in [0, 0.1) is 24.8 Å². The van der Waals surface area contributed by atoms with Gasteiger partial charge in [-0.3, -0.25) is 0 Å². The maximum atomic E-state index is 10.3. The summed E-state index contributed by atoms with van der Waals surface area (Å²) in [6.45, 7) is 4.04. The van der Waals surface area contributed by atoms with Crippen LogP contribution < -0.4 is 0 Å². The molecule has 3 aromatic rings. The highest BCUT2D eigenvalue weighted by Gasteiger charge is 2.34. The molecule has 0 radical (unpaired) electrons. The number of rotatable bonds is 3. The van der Waals surface area contributed by atoms with Crippen LogP contribution in [-0.4, -0.2) is 15.3 Å². The first kappa shape index (κ1) is 24.4. The molecule has 0 aliphatic rings. The van der Waals surface area contributed by atoms with E-state index in [0.717, 1.165) is 40.1 Å². The molecule has 3 nitrogen and oxygen atoms in total. The zero-order valence-corrected chi connectivity index (χ0v) is 26.0. The third-order valence-electron chi connectivity index (χ3n) is 5.02. The molecule has 0 heterocycles. The van der Waals surface area contributed by atoms with E-state index in [1.165, 1.54) is 0 Å². The van der Waals surface area contributed by atoms with Gasteiger partial charge in [-0.2, -0.15) is 0 Å². The predicted molar refractivity (Wildman–Crippen MR) is 158 cm³/mol. The van der Waals surface area contributed by atoms with E-state index >= 15 is 0 Å². The Kier molecular flexibility index (Phi) is 7.80. The van der Waals surface area contributed by atoms with E-state index in [0.29, 0.717) is 5.75 Å². The second-order valence-electron chi connectivity index (χ2n) is 6.83. The molecular formula is C21H15I5O3. The first-order chi connectivity index (χ1) is 13.5. The van der Waals surface area contributed by atoms with Crippen molar-refractivity contribution in [3.8, 4) is 17.2 Å². The molecule has 3 aromatic carbocycles. The summed E-state index contributed by atoms with van der Waals surface area (Å²) >= 11 is 10.8. The van der Waals surface area contributed by atoms with E-state index in [2.05, 4.69) is 120 Å². The summed E-state index contributed by atoms with van der Waals surface area (Å²) in [6.07, 6.45) is 0. The van der Waals surface area contributed by atoms with Gasteiger partial charge >= 0.3 is 0 Å². The lowest BCUT2D eigenvalue weighted by molar-refractivity contribution is 0.465. The summed E-state index contributed by atoms with van der Waals surface area (Å²) in [4.78, 5) is 0. The summed E-state index contributed by atoms with van der Waals surface area (Å²) in [5, 5.41) is 30.9. The highest BCUT2D eigenvalue weighted by atomic mass is 127. The lowest BCUT2D eigenvalue weighted by Gasteiger charge is -2.33. The van der Waals surface area contributed by atoms with Crippen molar-refractivity contribution in [2.24, 2.45) is 0 Å². The highest BCUT2D eigenvalue weighted by Crippen LogP contribution is 2.45. The molecule has 152 valence electrons. The lowest BCUT2D eigenvalue weighted by atomic mass is 9.71. The van der Waals surface area contributed by atoms with Crippen LogP contribution in [0.4, 0.5) is 0 Å². The summed E-state index contributed by atoms with van der Waals surface area (Å²) in [7, 11) is 0. The third-order valence-corrected chi connectivity index (χ3v) is 9.13. The van der Waals surface area contributed by atoms with E-state index < -0.39 is 5.41 Å². The van der Waals surface area contributed by atoms with Gasteiger partial charge in [0.05, 0.1) is 17.9 Å². The fourth-order valence-electron chi connectivity index (χ4n) is 3.23. The van der Waals surface area contributed by atoms with Gasteiger partial charge in [-0.25, -0.2) is 0 Å². The Bertz CT molecular complexity index is 919. The molecule has 0 bridgehead atoms. The van der Waals surface area contributed by atoms with E-state index in [9.17, 15) is 15.3 Å². The number of phenolic OH excluding ortho intramolecular Hbond substituents is 3. The molecule has 3 N–H and O–H groups in total. The Morgan fingerprint density at radius 2 is 0.828 bits per heavy atom. The topological polar surface area (TPSA) is 60.7 Å². The molecule has 0 saturated carbocycles. The molecule has 29 heavy (non-hydrogen) atoms. The average molecular weight is 950 g/mol. The van der Waals surface area contributed by atoms with Gasteiger partial charge in [0.1, 0.15) is 17.2 Å². The zero-order valence-electron chi connectivity index (χ0n) is 15.2. The summed E-state index contributed by atoms with van der Waals surface area (Å²) in [5.74, 6) is 0.855. The van der Waals surface area contributed by atoms with Crippen molar-refractivity contribution >= 4 is 113 Å². The molecule has 8 heteroatoms. The molecule has 0 fully saturated rings. The van der Waals surface area contributed by atoms with Crippen molar-refractivity contribution in [3.05, 3.63) is 76.5 Å². The highest BCUT2D eigenvalue weighted by molar-refractivity contribution is 14.1. The molecule has 0 spiro atoms. The SMILES string of the molecule is Cc1cc(C(C)(c2cc(I)c(O)c(I)c2)c2cc(I)c(O)c(I)c2)cc(I)c1O. The van der Waals surface area contributed by atoms with Crippen molar-refractivity contribution in [1.82, 2.24) is 0 Å². The van der Waals surface area contributed by atoms with Crippen LogP contribution in [0.5, 0.6) is 17.2 Å². The Morgan fingerprint density at radius 3 is 1.14 bits per heavy atom. The number of halogens is 5. The second kappa shape index (κ2) is 9.29. The van der Waals surface area contributed by atoms with Crippen LogP contribution in [0.1, 0.15) is 29.2 Å². The van der Waals surface area contributed by atoms with Crippen molar-refractivity contribution < 1.29 is 15.3 Å². The number of hydrogen-bond acceptors (Lipinski definition) is 3. The van der Waals surface area contributed by atoms with Crippen LogP contribution in [0.3, 0.4) is 0 Å². The zero-order chi connectivity index (χ0) is 21.7. The first-order valence-electron chi connectivity index (χ1n) is 8.33.